The number of aryl methyl sites for hydroxylation is 2. The molecule has 42 heavy (non-hydrogen) atoms. The Kier molecular flexibility index (Phi) is 8.64. The highest BCUT2D eigenvalue weighted by Crippen LogP contribution is 2.27. The molecular weight excluding hydrogens is 546 g/mol. The smallest absolute Gasteiger partial charge is 0.264 e. The number of anilines is 1. The van der Waals surface area contributed by atoms with Crippen molar-refractivity contribution < 1.29 is 17.9 Å². The third-order valence-corrected chi connectivity index (χ3v) is 8.57. The first-order valence-corrected chi connectivity index (χ1v) is 14.9. The van der Waals surface area contributed by atoms with E-state index in [1.165, 1.54) is 23.7 Å². The number of ether oxygens (including phenoxy) is 1. The fourth-order valence-corrected chi connectivity index (χ4v) is 6.19. The standard InChI is InChI=1S/C34H31N3O4S/c1-25-15-20-33(26(2)21-25)37(42(39,40)31-12-4-3-5-13-31)23-34(38)36-35-22-27-16-18-30(19-17-27)41-24-29-11-8-10-28-9-6-7-14-32(28)29/h3-22H,23-24H2,1-2H3,(H,36,38)/b35-22-. The zero-order valence-corrected chi connectivity index (χ0v) is 24.2. The molecule has 0 bridgehead atoms. The Labute approximate surface area is 246 Å². The van der Waals surface area contributed by atoms with Gasteiger partial charge in [0.05, 0.1) is 16.8 Å². The van der Waals surface area contributed by atoms with E-state index in [1.807, 2.05) is 68.4 Å². The van der Waals surface area contributed by atoms with Crippen LogP contribution in [0.3, 0.4) is 0 Å². The van der Waals surface area contributed by atoms with Gasteiger partial charge in [-0.15, -0.1) is 0 Å². The number of hydrogen-bond acceptors (Lipinski definition) is 5. The maximum Gasteiger partial charge on any atom is 0.264 e. The normalized spacial score (nSPS) is 11.5. The van der Waals surface area contributed by atoms with Crippen molar-refractivity contribution in [3.8, 4) is 5.75 Å². The predicted octanol–water partition coefficient (Wildman–Crippen LogP) is 6.38. The molecule has 0 aliphatic heterocycles. The van der Waals surface area contributed by atoms with Crippen molar-refractivity contribution >= 4 is 38.6 Å². The highest BCUT2D eigenvalue weighted by molar-refractivity contribution is 7.92. The van der Waals surface area contributed by atoms with E-state index in [2.05, 4.69) is 34.8 Å². The van der Waals surface area contributed by atoms with E-state index in [4.69, 9.17) is 4.74 Å². The van der Waals surface area contributed by atoms with Crippen LogP contribution in [0.1, 0.15) is 22.3 Å². The number of amides is 1. The highest BCUT2D eigenvalue weighted by atomic mass is 32.2. The average molecular weight is 578 g/mol. The lowest BCUT2D eigenvalue weighted by atomic mass is 10.1. The quantitative estimate of drug-likeness (QED) is 0.154. The minimum atomic E-state index is -4.00. The van der Waals surface area contributed by atoms with Gasteiger partial charge in [0.25, 0.3) is 15.9 Å². The molecule has 0 aromatic heterocycles. The van der Waals surface area contributed by atoms with Gasteiger partial charge in [-0.25, -0.2) is 13.8 Å². The van der Waals surface area contributed by atoms with Crippen LogP contribution in [0.5, 0.6) is 5.75 Å². The van der Waals surface area contributed by atoms with Crippen molar-refractivity contribution in [1.82, 2.24) is 5.43 Å². The number of carbonyl (C=O) groups is 1. The summed E-state index contributed by atoms with van der Waals surface area (Å²) < 4.78 is 34.2. The SMILES string of the molecule is Cc1ccc(N(CC(=O)N/N=C\c2ccc(OCc3cccc4ccccc34)cc2)S(=O)(=O)c2ccccc2)c(C)c1. The molecule has 1 amide bonds. The fraction of sp³-hybridized carbons (Fsp3) is 0.118. The van der Waals surface area contributed by atoms with Gasteiger partial charge in [-0.3, -0.25) is 9.10 Å². The van der Waals surface area contributed by atoms with Crippen LogP contribution >= 0.6 is 0 Å². The van der Waals surface area contributed by atoms with Gasteiger partial charge in [-0.2, -0.15) is 5.10 Å². The first-order valence-electron chi connectivity index (χ1n) is 13.5. The number of hydrazone groups is 1. The van der Waals surface area contributed by atoms with Crippen molar-refractivity contribution in [1.29, 1.82) is 0 Å². The second kappa shape index (κ2) is 12.7. The Balaban J connectivity index is 1.23. The van der Waals surface area contributed by atoms with Crippen molar-refractivity contribution in [3.63, 3.8) is 0 Å². The van der Waals surface area contributed by atoms with Gasteiger partial charge >= 0.3 is 0 Å². The first-order chi connectivity index (χ1) is 20.3. The van der Waals surface area contributed by atoms with E-state index in [9.17, 15) is 13.2 Å². The molecule has 5 rings (SSSR count). The van der Waals surface area contributed by atoms with E-state index >= 15 is 0 Å². The number of rotatable bonds is 10. The lowest BCUT2D eigenvalue weighted by molar-refractivity contribution is -0.119. The van der Waals surface area contributed by atoms with Gasteiger partial charge in [0.15, 0.2) is 0 Å². The molecule has 0 radical (unpaired) electrons. The Morgan fingerprint density at radius 2 is 1.57 bits per heavy atom. The number of nitrogens with zero attached hydrogens (tertiary/aromatic N) is 2. The lowest BCUT2D eigenvalue weighted by Crippen LogP contribution is -2.40. The van der Waals surface area contributed by atoms with Gasteiger partial charge in [0, 0.05) is 0 Å². The Hall–Kier alpha value is -4.95. The van der Waals surface area contributed by atoms with Crippen LogP contribution in [0.4, 0.5) is 5.69 Å². The average Bonchev–Trinajstić information content (AvgIpc) is 3.00. The van der Waals surface area contributed by atoms with Crippen LogP contribution in [0.25, 0.3) is 10.8 Å². The molecule has 1 N–H and O–H groups in total. The molecule has 0 aliphatic rings. The van der Waals surface area contributed by atoms with Crippen molar-refractivity contribution in [2.24, 2.45) is 5.10 Å². The van der Waals surface area contributed by atoms with E-state index < -0.39 is 22.5 Å². The van der Waals surface area contributed by atoms with Gasteiger partial charge in [-0.1, -0.05) is 78.4 Å². The Bertz CT molecular complexity index is 1830. The molecule has 212 valence electrons. The molecular formula is C34H31N3O4S. The summed E-state index contributed by atoms with van der Waals surface area (Å²) in [6.07, 6.45) is 1.50. The van der Waals surface area contributed by atoms with Crippen LogP contribution in [0.2, 0.25) is 0 Å². The molecule has 8 heteroatoms. The van der Waals surface area contributed by atoms with E-state index in [0.717, 1.165) is 31.9 Å². The minimum Gasteiger partial charge on any atom is -0.489 e. The van der Waals surface area contributed by atoms with Gasteiger partial charge in [-0.05, 0) is 83.8 Å². The van der Waals surface area contributed by atoms with Crippen molar-refractivity contribution in [2.45, 2.75) is 25.3 Å². The molecule has 0 aliphatic carbocycles. The maximum absolute atomic E-state index is 13.5. The third-order valence-electron chi connectivity index (χ3n) is 6.80. The van der Waals surface area contributed by atoms with Gasteiger partial charge in [0.1, 0.15) is 18.9 Å². The van der Waals surface area contributed by atoms with Crippen LogP contribution in [-0.4, -0.2) is 27.1 Å². The summed E-state index contributed by atoms with van der Waals surface area (Å²) in [5, 5.41) is 6.38. The lowest BCUT2D eigenvalue weighted by Gasteiger charge is -2.25. The van der Waals surface area contributed by atoms with Crippen molar-refractivity contribution in [3.05, 3.63) is 138 Å². The van der Waals surface area contributed by atoms with Crippen LogP contribution < -0.4 is 14.5 Å². The molecule has 0 fully saturated rings. The third kappa shape index (κ3) is 6.67. The number of nitrogens with one attached hydrogen (secondary N) is 1. The van der Waals surface area contributed by atoms with Gasteiger partial charge in [0.2, 0.25) is 0 Å². The van der Waals surface area contributed by atoms with Crippen LogP contribution in [0, 0.1) is 13.8 Å². The predicted molar refractivity (Wildman–Crippen MR) is 167 cm³/mol. The molecule has 0 saturated carbocycles. The highest BCUT2D eigenvalue weighted by Gasteiger charge is 2.28. The van der Waals surface area contributed by atoms with Crippen LogP contribution in [-0.2, 0) is 21.4 Å². The second-order valence-electron chi connectivity index (χ2n) is 9.90. The topological polar surface area (TPSA) is 88.1 Å². The largest absolute Gasteiger partial charge is 0.489 e. The zero-order valence-electron chi connectivity index (χ0n) is 23.4. The summed E-state index contributed by atoms with van der Waals surface area (Å²) in [5.41, 5.74) is 6.48. The monoisotopic (exact) mass is 577 g/mol. The molecule has 5 aromatic rings. The number of sulfonamides is 1. The van der Waals surface area contributed by atoms with Crippen LogP contribution in [0.15, 0.2) is 125 Å². The summed E-state index contributed by atoms with van der Waals surface area (Å²) in [7, 11) is -4.00. The van der Waals surface area contributed by atoms with Gasteiger partial charge < -0.3 is 4.74 Å². The number of carbonyl (C=O) groups excluding carboxylic acids is 1. The van der Waals surface area contributed by atoms with Crippen molar-refractivity contribution in [2.75, 3.05) is 10.8 Å². The summed E-state index contributed by atoms with van der Waals surface area (Å²) in [4.78, 5) is 13.0. The first kappa shape index (κ1) is 28.6. The molecule has 5 aromatic carbocycles. The molecule has 0 spiro atoms. The summed E-state index contributed by atoms with van der Waals surface area (Å²) >= 11 is 0. The Morgan fingerprint density at radius 1 is 0.857 bits per heavy atom. The molecule has 7 nitrogen and oxygen atoms in total. The second-order valence-corrected chi connectivity index (χ2v) is 11.8. The molecule has 0 heterocycles. The summed E-state index contributed by atoms with van der Waals surface area (Å²) in [6, 6.07) is 35.2. The summed E-state index contributed by atoms with van der Waals surface area (Å²) in [5.74, 6) is 0.139. The van der Waals surface area contributed by atoms with E-state index in [1.54, 1.807) is 24.3 Å². The number of fused-ring (bicyclic) bond motifs is 1. The molecule has 0 atom stereocenters. The maximum atomic E-state index is 13.5. The minimum absolute atomic E-state index is 0.101. The van der Waals surface area contributed by atoms with E-state index in [-0.39, 0.29) is 4.90 Å². The molecule has 0 saturated heterocycles. The number of hydrogen-bond donors (Lipinski definition) is 1. The Morgan fingerprint density at radius 3 is 2.33 bits per heavy atom. The summed E-state index contributed by atoms with van der Waals surface area (Å²) in [6.45, 7) is 3.76. The zero-order chi connectivity index (χ0) is 29.5. The number of benzene rings is 5. The fourth-order valence-electron chi connectivity index (χ4n) is 4.68. The van der Waals surface area contributed by atoms with E-state index in [0.29, 0.717) is 18.0 Å². The molecule has 0 unspecified atom stereocenters.